The second-order valence-corrected chi connectivity index (χ2v) is 5.27. The van der Waals surface area contributed by atoms with E-state index in [1.54, 1.807) is 30.1 Å². The summed E-state index contributed by atoms with van der Waals surface area (Å²) < 4.78 is 7.09. The van der Waals surface area contributed by atoms with Crippen LogP contribution in [0.15, 0.2) is 24.4 Å². The highest BCUT2D eigenvalue weighted by atomic mass is 16.5. The van der Waals surface area contributed by atoms with Crippen molar-refractivity contribution in [2.45, 2.75) is 33.4 Å². The largest absolute Gasteiger partial charge is 0.475 e. The molecule has 0 radical (unpaired) electrons. The second kappa shape index (κ2) is 6.93. The SMILES string of the molecule is Cc1cc(NC(=O)NCc2ccc(OC(C)C)nc2)n(C)n1. The maximum absolute atomic E-state index is 11.9. The van der Waals surface area contributed by atoms with Gasteiger partial charge < -0.3 is 10.1 Å². The molecule has 0 unspecified atom stereocenters. The molecule has 2 aromatic rings. The van der Waals surface area contributed by atoms with Crippen LogP contribution in [0.2, 0.25) is 0 Å². The number of pyridine rings is 1. The number of nitrogens with zero attached hydrogens (tertiary/aromatic N) is 3. The molecule has 2 heterocycles. The summed E-state index contributed by atoms with van der Waals surface area (Å²) >= 11 is 0. The standard InChI is InChI=1S/C15H21N5O2/c1-10(2)22-14-6-5-12(8-16-14)9-17-15(21)18-13-7-11(3)19-20(13)4/h5-8,10H,9H2,1-4H3,(H2,17,18,21). The van der Waals surface area contributed by atoms with Gasteiger partial charge in [-0.1, -0.05) is 6.07 Å². The molecule has 0 spiro atoms. The number of aryl methyl sites for hydroxylation is 2. The topological polar surface area (TPSA) is 81.1 Å². The molecule has 118 valence electrons. The Labute approximate surface area is 129 Å². The molecule has 22 heavy (non-hydrogen) atoms. The van der Waals surface area contributed by atoms with Crippen LogP contribution in [0, 0.1) is 6.92 Å². The zero-order valence-corrected chi connectivity index (χ0v) is 13.3. The van der Waals surface area contributed by atoms with Crippen molar-refractivity contribution in [3.8, 4) is 5.88 Å². The van der Waals surface area contributed by atoms with E-state index in [-0.39, 0.29) is 12.1 Å². The minimum atomic E-state index is -0.287. The van der Waals surface area contributed by atoms with E-state index in [9.17, 15) is 4.79 Å². The highest BCUT2D eigenvalue weighted by molar-refractivity contribution is 5.88. The molecule has 7 heteroatoms. The zero-order chi connectivity index (χ0) is 16.1. The number of ether oxygens (including phenoxy) is 1. The second-order valence-electron chi connectivity index (χ2n) is 5.27. The number of anilines is 1. The van der Waals surface area contributed by atoms with Gasteiger partial charge in [-0.3, -0.25) is 10.00 Å². The average molecular weight is 303 g/mol. The molecular weight excluding hydrogens is 282 g/mol. The summed E-state index contributed by atoms with van der Waals surface area (Å²) in [5, 5.41) is 9.68. The maximum atomic E-state index is 11.9. The van der Waals surface area contributed by atoms with Gasteiger partial charge in [-0.15, -0.1) is 0 Å². The molecule has 0 saturated heterocycles. The van der Waals surface area contributed by atoms with Crippen LogP contribution in [-0.2, 0) is 13.6 Å². The van der Waals surface area contributed by atoms with Crippen molar-refractivity contribution < 1.29 is 9.53 Å². The van der Waals surface area contributed by atoms with E-state index >= 15 is 0 Å². The summed E-state index contributed by atoms with van der Waals surface area (Å²) in [6, 6.07) is 5.18. The molecule has 0 bridgehead atoms. The molecular formula is C15H21N5O2. The number of amides is 2. The molecule has 0 aliphatic rings. The predicted molar refractivity (Wildman–Crippen MR) is 83.8 cm³/mol. The Morgan fingerprint density at radius 1 is 1.41 bits per heavy atom. The first-order valence-electron chi connectivity index (χ1n) is 7.11. The van der Waals surface area contributed by atoms with E-state index < -0.39 is 0 Å². The number of carbonyl (C=O) groups is 1. The van der Waals surface area contributed by atoms with E-state index in [4.69, 9.17) is 4.74 Å². The van der Waals surface area contributed by atoms with Crippen molar-refractivity contribution in [1.82, 2.24) is 20.1 Å². The van der Waals surface area contributed by atoms with E-state index in [1.165, 1.54) is 0 Å². The van der Waals surface area contributed by atoms with Gasteiger partial charge in [-0.2, -0.15) is 5.10 Å². The van der Waals surface area contributed by atoms with Crippen molar-refractivity contribution in [3.05, 3.63) is 35.7 Å². The van der Waals surface area contributed by atoms with Gasteiger partial charge in [0.1, 0.15) is 5.82 Å². The fourth-order valence-corrected chi connectivity index (χ4v) is 1.90. The highest BCUT2D eigenvalue weighted by Gasteiger charge is 2.07. The van der Waals surface area contributed by atoms with Gasteiger partial charge in [-0.25, -0.2) is 9.78 Å². The normalized spacial score (nSPS) is 10.6. The van der Waals surface area contributed by atoms with Crippen molar-refractivity contribution in [2.75, 3.05) is 5.32 Å². The Morgan fingerprint density at radius 2 is 2.18 bits per heavy atom. The molecule has 7 nitrogen and oxygen atoms in total. The lowest BCUT2D eigenvalue weighted by atomic mass is 10.3. The summed E-state index contributed by atoms with van der Waals surface area (Å²) in [7, 11) is 1.78. The number of nitrogens with one attached hydrogen (secondary N) is 2. The smallest absolute Gasteiger partial charge is 0.320 e. The minimum Gasteiger partial charge on any atom is -0.475 e. The third-order valence-electron chi connectivity index (χ3n) is 2.85. The lowest BCUT2D eigenvalue weighted by molar-refractivity contribution is 0.232. The lowest BCUT2D eigenvalue weighted by Crippen LogP contribution is -2.29. The molecule has 2 N–H and O–H groups in total. The van der Waals surface area contributed by atoms with Crippen molar-refractivity contribution in [2.24, 2.45) is 7.05 Å². The Balaban J connectivity index is 1.84. The number of carbonyl (C=O) groups excluding carboxylic acids is 1. The van der Waals surface area contributed by atoms with Gasteiger partial charge in [0.15, 0.2) is 0 Å². The first-order valence-corrected chi connectivity index (χ1v) is 7.11. The van der Waals surface area contributed by atoms with Crippen LogP contribution in [0.1, 0.15) is 25.1 Å². The van der Waals surface area contributed by atoms with Gasteiger partial charge in [0.2, 0.25) is 5.88 Å². The molecule has 0 aliphatic carbocycles. The Hall–Kier alpha value is -2.57. The highest BCUT2D eigenvalue weighted by Crippen LogP contribution is 2.10. The van der Waals surface area contributed by atoms with Crippen molar-refractivity contribution in [1.29, 1.82) is 0 Å². The van der Waals surface area contributed by atoms with Gasteiger partial charge in [-0.05, 0) is 26.3 Å². The van der Waals surface area contributed by atoms with Crippen LogP contribution in [-0.4, -0.2) is 26.9 Å². The van der Waals surface area contributed by atoms with Crippen LogP contribution in [0.5, 0.6) is 5.88 Å². The molecule has 2 rings (SSSR count). The molecule has 2 amide bonds. The molecule has 2 aromatic heterocycles. The lowest BCUT2D eigenvalue weighted by Gasteiger charge is -2.10. The third-order valence-corrected chi connectivity index (χ3v) is 2.85. The predicted octanol–water partition coefficient (Wildman–Crippen LogP) is 2.23. The number of rotatable bonds is 5. The molecule has 0 aromatic carbocycles. The van der Waals surface area contributed by atoms with Crippen molar-refractivity contribution in [3.63, 3.8) is 0 Å². The monoisotopic (exact) mass is 303 g/mol. The first kappa shape index (κ1) is 15.8. The fraction of sp³-hybridized carbons (Fsp3) is 0.400. The Bertz CT molecular complexity index is 634. The van der Waals surface area contributed by atoms with E-state index in [2.05, 4.69) is 20.7 Å². The quantitative estimate of drug-likeness (QED) is 0.887. The maximum Gasteiger partial charge on any atom is 0.320 e. The number of aromatic nitrogens is 3. The fourth-order valence-electron chi connectivity index (χ4n) is 1.90. The minimum absolute atomic E-state index is 0.0876. The van der Waals surface area contributed by atoms with E-state index in [0.717, 1.165) is 11.3 Å². The van der Waals surface area contributed by atoms with Gasteiger partial charge in [0.05, 0.1) is 11.8 Å². The van der Waals surface area contributed by atoms with Crippen LogP contribution in [0.4, 0.5) is 10.6 Å². The van der Waals surface area contributed by atoms with Crippen LogP contribution >= 0.6 is 0 Å². The summed E-state index contributed by atoms with van der Waals surface area (Å²) in [4.78, 5) is 16.0. The molecule has 0 atom stereocenters. The van der Waals surface area contributed by atoms with Crippen LogP contribution in [0.25, 0.3) is 0 Å². The van der Waals surface area contributed by atoms with Gasteiger partial charge in [0.25, 0.3) is 0 Å². The first-order chi connectivity index (χ1) is 10.4. The molecule has 0 fully saturated rings. The molecule has 0 saturated carbocycles. The number of urea groups is 1. The van der Waals surface area contributed by atoms with Crippen molar-refractivity contribution >= 4 is 11.8 Å². The number of hydrogen-bond donors (Lipinski definition) is 2. The number of hydrogen-bond acceptors (Lipinski definition) is 4. The average Bonchev–Trinajstić information content (AvgIpc) is 2.75. The summed E-state index contributed by atoms with van der Waals surface area (Å²) in [6.07, 6.45) is 1.77. The van der Waals surface area contributed by atoms with Crippen LogP contribution in [0.3, 0.4) is 0 Å². The van der Waals surface area contributed by atoms with Crippen LogP contribution < -0.4 is 15.4 Å². The Morgan fingerprint density at radius 3 is 2.73 bits per heavy atom. The summed E-state index contributed by atoms with van der Waals surface area (Å²) in [5.74, 6) is 1.22. The summed E-state index contributed by atoms with van der Waals surface area (Å²) in [6.45, 7) is 6.15. The Kier molecular flexibility index (Phi) is 4.98. The van der Waals surface area contributed by atoms with E-state index in [1.807, 2.05) is 26.8 Å². The summed E-state index contributed by atoms with van der Waals surface area (Å²) in [5.41, 5.74) is 1.75. The zero-order valence-electron chi connectivity index (χ0n) is 13.3. The molecule has 0 aliphatic heterocycles. The van der Waals surface area contributed by atoms with E-state index in [0.29, 0.717) is 18.2 Å². The van der Waals surface area contributed by atoms with Gasteiger partial charge >= 0.3 is 6.03 Å². The van der Waals surface area contributed by atoms with Gasteiger partial charge in [0, 0.05) is 31.9 Å². The third kappa shape index (κ3) is 4.47.